The van der Waals surface area contributed by atoms with Crippen molar-refractivity contribution >= 4 is 28.5 Å². The fourth-order valence-electron chi connectivity index (χ4n) is 1.28. The number of aromatic hydroxyl groups is 1. The molecule has 2 N–H and O–H groups in total. The Morgan fingerprint density at radius 1 is 1.47 bits per heavy atom. The van der Waals surface area contributed by atoms with Gasteiger partial charge in [-0.05, 0) is 40.8 Å². The highest BCUT2D eigenvalue weighted by Crippen LogP contribution is 2.19. The molecule has 0 aliphatic heterocycles. The van der Waals surface area contributed by atoms with Crippen molar-refractivity contribution in [2.24, 2.45) is 0 Å². The van der Waals surface area contributed by atoms with Crippen molar-refractivity contribution in [3.8, 4) is 5.75 Å². The van der Waals surface area contributed by atoms with Crippen LogP contribution in [0.1, 0.15) is 16.1 Å². The van der Waals surface area contributed by atoms with E-state index in [0.717, 1.165) is 3.57 Å². The first kappa shape index (κ1) is 11.9. The van der Waals surface area contributed by atoms with Crippen molar-refractivity contribution in [3.63, 3.8) is 0 Å². The number of phenols is 1. The molecule has 1 aromatic heterocycles. The highest BCUT2D eigenvalue weighted by Gasteiger charge is 2.11. The Kier molecular flexibility index (Phi) is 3.62. The molecule has 6 heteroatoms. The molecule has 0 aliphatic rings. The summed E-state index contributed by atoms with van der Waals surface area (Å²) in [6.45, 7) is 0.264. The lowest BCUT2D eigenvalue weighted by molar-refractivity contribution is 0.0947. The SMILES string of the molecule is O=C(NCc1ccon1)c1cc(I)ccc1O. The van der Waals surface area contributed by atoms with Crippen molar-refractivity contribution in [2.75, 3.05) is 0 Å². The van der Waals surface area contributed by atoms with Crippen LogP contribution in [0.25, 0.3) is 0 Å². The van der Waals surface area contributed by atoms with E-state index in [2.05, 4.69) is 37.6 Å². The minimum absolute atomic E-state index is 0.0388. The zero-order valence-electron chi connectivity index (χ0n) is 8.68. The van der Waals surface area contributed by atoms with Crippen LogP contribution in [0.2, 0.25) is 0 Å². The summed E-state index contributed by atoms with van der Waals surface area (Å²) in [6.07, 6.45) is 1.43. The van der Waals surface area contributed by atoms with Crippen molar-refractivity contribution < 1.29 is 14.4 Å². The van der Waals surface area contributed by atoms with Crippen LogP contribution < -0.4 is 5.32 Å². The molecule has 2 rings (SSSR count). The van der Waals surface area contributed by atoms with Gasteiger partial charge in [0.1, 0.15) is 17.7 Å². The first-order valence-electron chi connectivity index (χ1n) is 4.83. The van der Waals surface area contributed by atoms with E-state index in [1.54, 1.807) is 18.2 Å². The van der Waals surface area contributed by atoms with Crippen molar-refractivity contribution in [1.82, 2.24) is 10.5 Å². The molecule has 1 amide bonds. The first-order valence-corrected chi connectivity index (χ1v) is 5.90. The van der Waals surface area contributed by atoms with Crippen molar-refractivity contribution in [1.29, 1.82) is 0 Å². The van der Waals surface area contributed by atoms with Crippen LogP contribution in [0.15, 0.2) is 35.1 Å². The monoisotopic (exact) mass is 344 g/mol. The number of hydrogen-bond donors (Lipinski definition) is 2. The minimum Gasteiger partial charge on any atom is -0.507 e. The Bertz CT molecular complexity index is 526. The molecule has 1 heterocycles. The number of carbonyl (C=O) groups excluding carboxylic acids is 1. The largest absolute Gasteiger partial charge is 0.507 e. The third-order valence-electron chi connectivity index (χ3n) is 2.12. The van der Waals surface area contributed by atoms with Gasteiger partial charge >= 0.3 is 0 Å². The Morgan fingerprint density at radius 2 is 2.29 bits per heavy atom. The van der Waals surface area contributed by atoms with E-state index in [4.69, 9.17) is 0 Å². The summed E-state index contributed by atoms with van der Waals surface area (Å²) < 4.78 is 5.52. The maximum atomic E-state index is 11.8. The molecule has 5 nitrogen and oxygen atoms in total. The fraction of sp³-hybridized carbons (Fsp3) is 0.0909. The topological polar surface area (TPSA) is 75.4 Å². The number of amides is 1. The van der Waals surface area contributed by atoms with E-state index in [1.807, 2.05) is 0 Å². The summed E-state index contributed by atoms with van der Waals surface area (Å²) >= 11 is 2.08. The number of carbonyl (C=O) groups is 1. The predicted octanol–water partition coefficient (Wildman–Crippen LogP) is 1.91. The third-order valence-corrected chi connectivity index (χ3v) is 2.80. The Balaban J connectivity index is 2.07. The average molecular weight is 344 g/mol. The minimum atomic E-state index is -0.344. The Hall–Kier alpha value is -1.57. The van der Waals surface area contributed by atoms with Gasteiger partial charge in [0.05, 0.1) is 12.1 Å². The van der Waals surface area contributed by atoms with E-state index < -0.39 is 0 Å². The van der Waals surface area contributed by atoms with Gasteiger partial charge in [0.2, 0.25) is 0 Å². The summed E-state index contributed by atoms with van der Waals surface area (Å²) in [6, 6.07) is 6.50. The molecule has 0 unspecified atom stereocenters. The number of aromatic nitrogens is 1. The van der Waals surface area contributed by atoms with Gasteiger partial charge in [0, 0.05) is 9.64 Å². The average Bonchev–Trinajstić information content (AvgIpc) is 2.82. The molecule has 2 aromatic rings. The van der Waals surface area contributed by atoms with Gasteiger partial charge in [-0.3, -0.25) is 4.79 Å². The van der Waals surface area contributed by atoms with Crippen LogP contribution in [-0.2, 0) is 6.54 Å². The highest BCUT2D eigenvalue weighted by atomic mass is 127. The zero-order chi connectivity index (χ0) is 12.3. The van der Waals surface area contributed by atoms with E-state index in [-0.39, 0.29) is 23.8 Å². The molecule has 0 saturated carbocycles. The summed E-state index contributed by atoms with van der Waals surface area (Å²) in [5.74, 6) is -0.382. The van der Waals surface area contributed by atoms with Crippen LogP contribution >= 0.6 is 22.6 Å². The molecule has 0 radical (unpaired) electrons. The summed E-state index contributed by atoms with van der Waals surface area (Å²) in [7, 11) is 0. The van der Waals surface area contributed by atoms with E-state index >= 15 is 0 Å². The molecular formula is C11H9IN2O3. The molecule has 0 aliphatic carbocycles. The van der Waals surface area contributed by atoms with Gasteiger partial charge in [-0.2, -0.15) is 0 Å². The lowest BCUT2D eigenvalue weighted by Gasteiger charge is -2.05. The number of nitrogens with zero attached hydrogens (tertiary/aromatic N) is 1. The standard InChI is InChI=1S/C11H9IN2O3/c12-7-1-2-10(15)9(5-7)11(16)13-6-8-3-4-17-14-8/h1-5,15H,6H2,(H,13,16). The van der Waals surface area contributed by atoms with Gasteiger partial charge in [-0.15, -0.1) is 0 Å². The second kappa shape index (κ2) is 5.17. The maximum Gasteiger partial charge on any atom is 0.255 e. The molecule has 0 bridgehead atoms. The number of benzene rings is 1. The first-order chi connectivity index (χ1) is 8.16. The summed E-state index contributed by atoms with van der Waals surface area (Å²) in [4.78, 5) is 11.8. The molecule has 1 aromatic carbocycles. The van der Waals surface area contributed by atoms with E-state index in [9.17, 15) is 9.90 Å². The summed E-state index contributed by atoms with van der Waals surface area (Å²) in [5, 5.41) is 15.9. The highest BCUT2D eigenvalue weighted by molar-refractivity contribution is 14.1. The number of halogens is 1. The van der Waals surface area contributed by atoms with Crippen LogP contribution in [0.3, 0.4) is 0 Å². The van der Waals surface area contributed by atoms with E-state index in [1.165, 1.54) is 12.3 Å². The molecule has 0 spiro atoms. The second-order valence-corrected chi connectivity index (χ2v) is 4.58. The van der Waals surface area contributed by atoms with Gasteiger partial charge < -0.3 is 14.9 Å². The number of nitrogens with one attached hydrogen (secondary N) is 1. The van der Waals surface area contributed by atoms with Crippen LogP contribution in [-0.4, -0.2) is 16.2 Å². The lowest BCUT2D eigenvalue weighted by Crippen LogP contribution is -2.23. The maximum absolute atomic E-state index is 11.8. The Labute approximate surface area is 111 Å². The second-order valence-electron chi connectivity index (χ2n) is 3.33. The molecule has 88 valence electrons. The van der Waals surface area contributed by atoms with Crippen LogP contribution in [0.4, 0.5) is 0 Å². The van der Waals surface area contributed by atoms with Crippen molar-refractivity contribution in [3.05, 3.63) is 45.4 Å². The summed E-state index contributed by atoms with van der Waals surface area (Å²) in [5.41, 5.74) is 0.879. The number of phenolic OH excluding ortho intramolecular Hbond substituents is 1. The zero-order valence-corrected chi connectivity index (χ0v) is 10.8. The number of rotatable bonds is 3. The Morgan fingerprint density at radius 3 is 3.00 bits per heavy atom. The van der Waals surface area contributed by atoms with Crippen LogP contribution in [0.5, 0.6) is 5.75 Å². The molecule has 0 saturated heterocycles. The van der Waals surface area contributed by atoms with Crippen LogP contribution in [0, 0.1) is 3.57 Å². The van der Waals surface area contributed by atoms with Gasteiger partial charge in [-0.1, -0.05) is 5.16 Å². The normalized spacial score (nSPS) is 10.2. The van der Waals surface area contributed by atoms with E-state index in [0.29, 0.717) is 5.69 Å². The fourth-order valence-corrected chi connectivity index (χ4v) is 1.78. The van der Waals surface area contributed by atoms with Gasteiger partial charge in [-0.25, -0.2) is 0 Å². The molecule has 0 fully saturated rings. The smallest absolute Gasteiger partial charge is 0.255 e. The molecular weight excluding hydrogens is 335 g/mol. The lowest BCUT2D eigenvalue weighted by atomic mass is 10.2. The third kappa shape index (κ3) is 2.96. The predicted molar refractivity (Wildman–Crippen MR) is 68.5 cm³/mol. The van der Waals surface area contributed by atoms with Gasteiger partial charge in [0.15, 0.2) is 0 Å². The quantitative estimate of drug-likeness (QED) is 0.835. The number of hydrogen-bond acceptors (Lipinski definition) is 4. The van der Waals surface area contributed by atoms with Gasteiger partial charge in [0.25, 0.3) is 5.91 Å². The molecule has 17 heavy (non-hydrogen) atoms. The molecule has 0 atom stereocenters. The van der Waals surface area contributed by atoms with Crippen molar-refractivity contribution in [2.45, 2.75) is 6.54 Å².